The van der Waals surface area contributed by atoms with Gasteiger partial charge in [-0.05, 0) is 37.5 Å². The lowest BCUT2D eigenvalue weighted by Crippen LogP contribution is -2.45. The second-order valence-corrected chi connectivity index (χ2v) is 6.80. The van der Waals surface area contributed by atoms with Crippen molar-refractivity contribution >= 4 is 46.7 Å². The van der Waals surface area contributed by atoms with Gasteiger partial charge in [0.05, 0.1) is 10.7 Å². The van der Waals surface area contributed by atoms with Gasteiger partial charge in [0.25, 0.3) is 0 Å². The molecular formula is C16H16Cl2N2O4. The number of benzene rings is 1. The molecule has 3 rings (SSSR count). The number of amides is 2. The van der Waals surface area contributed by atoms with Crippen LogP contribution in [0.4, 0.5) is 5.69 Å². The molecule has 8 heteroatoms. The summed E-state index contributed by atoms with van der Waals surface area (Å²) in [7, 11) is 0. The summed E-state index contributed by atoms with van der Waals surface area (Å²) in [5.41, 5.74) is 0.473. The summed E-state index contributed by atoms with van der Waals surface area (Å²) in [6.07, 6.45) is 1.39. The van der Waals surface area contributed by atoms with Gasteiger partial charge in [-0.1, -0.05) is 23.2 Å². The molecule has 0 saturated carbocycles. The average Bonchev–Trinajstić information content (AvgIpc) is 3.16. The number of carbonyl (C=O) groups is 3. The van der Waals surface area contributed by atoms with Crippen LogP contribution in [-0.4, -0.2) is 46.9 Å². The molecule has 2 saturated heterocycles. The fourth-order valence-corrected chi connectivity index (χ4v) is 3.71. The summed E-state index contributed by atoms with van der Waals surface area (Å²) >= 11 is 12.1. The Kier molecular flexibility index (Phi) is 4.69. The molecule has 0 aliphatic carbocycles. The van der Waals surface area contributed by atoms with E-state index in [0.29, 0.717) is 48.1 Å². The first-order chi connectivity index (χ1) is 11.4. The maximum Gasteiger partial charge on any atom is 0.326 e. The molecule has 2 atom stereocenters. The first-order valence-electron chi connectivity index (χ1n) is 7.70. The number of carbonyl (C=O) groups excluding carboxylic acids is 2. The Labute approximate surface area is 148 Å². The molecule has 2 unspecified atom stereocenters. The Hall–Kier alpha value is -1.79. The number of hydrogen-bond donors (Lipinski definition) is 1. The highest BCUT2D eigenvalue weighted by Gasteiger charge is 2.44. The summed E-state index contributed by atoms with van der Waals surface area (Å²) in [4.78, 5) is 39.4. The minimum Gasteiger partial charge on any atom is -0.480 e. The first-order valence-corrected chi connectivity index (χ1v) is 8.45. The third-order valence-electron chi connectivity index (χ3n) is 4.52. The van der Waals surface area contributed by atoms with Crippen LogP contribution in [0.1, 0.15) is 19.3 Å². The highest BCUT2D eigenvalue weighted by atomic mass is 35.5. The van der Waals surface area contributed by atoms with Crippen LogP contribution in [0, 0.1) is 5.92 Å². The fourth-order valence-electron chi connectivity index (χ4n) is 3.33. The van der Waals surface area contributed by atoms with Crippen LogP contribution < -0.4 is 4.90 Å². The van der Waals surface area contributed by atoms with Crippen LogP contribution >= 0.6 is 23.2 Å². The largest absolute Gasteiger partial charge is 0.480 e. The Morgan fingerprint density at radius 2 is 1.92 bits per heavy atom. The number of likely N-dealkylation sites (tertiary alicyclic amines) is 1. The first kappa shape index (κ1) is 17.0. The second kappa shape index (κ2) is 6.61. The van der Waals surface area contributed by atoms with E-state index in [0.717, 1.165) is 0 Å². The van der Waals surface area contributed by atoms with Gasteiger partial charge in [0.1, 0.15) is 12.0 Å². The third-order valence-corrected chi connectivity index (χ3v) is 5.08. The van der Waals surface area contributed by atoms with Gasteiger partial charge < -0.3 is 14.9 Å². The van der Waals surface area contributed by atoms with Crippen molar-refractivity contribution in [3.63, 3.8) is 0 Å². The minimum absolute atomic E-state index is 0.337. The van der Waals surface area contributed by atoms with Gasteiger partial charge in [-0.2, -0.15) is 0 Å². The Balaban J connectivity index is 1.80. The molecule has 24 heavy (non-hydrogen) atoms. The summed E-state index contributed by atoms with van der Waals surface area (Å²) in [5, 5.41) is 10.0. The smallest absolute Gasteiger partial charge is 0.326 e. The number of nitrogens with zero attached hydrogens (tertiary/aromatic N) is 2. The Morgan fingerprint density at radius 3 is 2.62 bits per heavy atom. The molecule has 2 aliphatic rings. The van der Waals surface area contributed by atoms with Gasteiger partial charge >= 0.3 is 5.97 Å². The Bertz CT molecular complexity index is 709. The normalized spacial score (nSPS) is 23.8. The number of rotatable bonds is 3. The summed E-state index contributed by atoms with van der Waals surface area (Å²) < 4.78 is 0. The maximum atomic E-state index is 12.7. The van der Waals surface area contributed by atoms with Crippen molar-refractivity contribution in [3.8, 4) is 0 Å². The number of anilines is 1. The number of carboxylic acid groups (broad SMARTS) is 1. The zero-order chi connectivity index (χ0) is 17.4. The quantitative estimate of drug-likeness (QED) is 0.828. The van der Waals surface area contributed by atoms with Crippen molar-refractivity contribution in [1.82, 2.24) is 4.90 Å². The zero-order valence-electron chi connectivity index (χ0n) is 12.7. The molecule has 128 valence electrons. The van der Waals surface area contributed by atoms with E-state index in [2.05, 4.69) is 0 Å². The SMILES string of the molecule is O=C(O)C1CCCN1C(=O)C1CCN(c2cc(Cl)ccc2Cl)C1=O. The highest BCUT2D eigenvalue weighted by Crippen LogP contribution is 2.34. The van der Waals surface area contributed by atoms with E-state index in [1.54, 1.807) is 18.2 Å². The molecule has 0 bridgehead atoms. The third kappa shape index (κ3) is 2.96. The lowest BCUT2D eigenvalue weighted by atomic mass is 10.1. The van der Waals surface area contributed by atoms with Crippen molar-refractivity contribution in [3.05, 3.63) is 28.2 Å². The van der Waals surface area contributed by atoms with Gasteiger partial charge in [0.2, 0.25) is 11.8 Å². The molecule has 1 aromatic carbocycles. The molecule has 2 heterocycles. The summed E-state index contributed by atoms with van der Waals surface area (Å²) in [6.45, 7) is 0.721. The van der Waals surface area contributed by atoms with Crippen molar-refractivity contribution in [2.75, 3.05) is 18.0 Å². The molecular weight excluding hydrogens is 355 g/mol. The number of hydrogen-bond acceptors (Lipinski definition) is 3. The molecule has 0 radical (unpaired) electrons. The van der Waals surface area contributed by atoms with Gasteiger partial charge in [0.15, 0.2) is 0 Å². The topological polar surface area (TPSA) is 77.9 Å². The van der Waals surface area contributed by atoms with Gasteiger partial charge in [-0.15, -0.1) is 0 Å². The summed E-state index contributed by atoms with van der Waals surface area (Å²) in [6, 6.07) is 3.97. The molecule has 1 aromatic rings. The van der Waals surface area contributed by atoms with Crippen LogP contribution in [0.15, 0.2) is 18.2 Å². The van der Waals surface area contributed by atoms with Gasteiger partial charge in [0, 0.05) is 18.1 Å². The monoisotopic (exact) mass is 370 g/mol. The predicted octanol–water partition coefficient (Wildman–Crippen LogP) is 2.42. The summed E-state index contributed by atoms with van der Waals surface area (Å²) in [5.74, 6) is -2.66. The highest BCUT2D eigenvalue weighted by molar-refractivity contribution is 6.36. The lowest BCUT2D eigenvalue weighted by molar-refractivity contribution is -0.151. The van der Waals surface area contributed by atoms with E-state index in [-0.39, 0.29) is 5.91 Å². The van der Waals surface area contributed by atoms with Crippen LogP contribution in [0.5, 0.6) is 0 Å². The van der Waals surface area contributed by atoms with Crippen LogP contribution in [0.2, 0.25) is 10.0 Å². The maximum absolute atomic E-state index is 12.7. The molecule has 0 spiro atoms. The van der Waals surface area contributed by atoms with Crippen molar-refractivity contribution in [2.24, 2.45) is 5.92 Å². The van der Waals surface area contributed by atoms with Crippen LogP contribution in [-0.2, 0) is 14.4 Å². The molecule has 0 aromatic heterocycles. The second-order valence-electron chi connectivity index (χ2n) is 5.95. The number of halogens is 2. The van der Waals surface area contributed by atoms with Crippen molar-refractivity contribution < 1.29 is 19.5 Å². The predicted molar refractivity (Wildman–Crippen MR) is 89.3 cm³/mol. The number of aliphatic carboxylic acids is 1. The molecule has 6 nitrogen and oxygen atoms in total. The van der Waals surface area contributed by atoms with Crippen LogP contribution in [0.25, 0.3) is 0 Å². The lowest BCUT2D eigenvalue weighted by Gasteiger charge is -2.24. The van der Waals surface area contributed by atoms with Crippen molar-refractivity contribution in [2.45, 2.75) is 25.3 Å². The van der Waals surface area contributed by atoms with E-state index < -0.39 is 23.8 Å². The average molecular weight is 371 g/mol. The molecule has 2 fully saturated rings. The fraction of sp³-hybridized carbons (Fsp3) is 0.438. The van der Waals surface area contributed by atoms with E-state index >= 15 is 0 Å². The Morgan fingerprint density at radius 1 is 1.17 bits per heavy atom. The van der Waals surface area contributed by atoms with E-state index in [1.165, 1.54) is 9.80 Å². The van der Waals surface area contributed by atoms with E-state index in [1.807, 2.05) is 0 Å². The zero-order valence-corrected chi connectivity index (χ0v) is 14.3. The van der Waals surface area contributed by atoms with Crippen molar-refractivity contribution in [1.29, 1.82) is 0 Å². The van der Waals surface area contributed by atoms with Gasteiger partial charge in [-0.3, -0.25) is 9.59 Å². The molecule has 1 N–H and O–H groups in total. The van der Waals surface area contributed by atoms with Crippen LogP contribution in [0.3, 0.4) is 0 Å². The molecule has 2 aliphatic heterocycles. The standard InChI is InChI=1S/C16H16Cl2N2O4/c17-9-3-4-11(18)13(8-9)20-7-5-10(15(20)22)14(21)19-6-1-2-12(19)16(23)24/h3-4,8,10,12H,1-2,5-7H2,(H,23,24). The minimum atomic E-state index is -1.03. The molecule has 2 amide bonds. The van der Waals surface area contributed by atoms with E-state index in [4.69, 9.17) is 23.2 Å². The van der Waals surface area contributed by atoms with E-state index in [9.17, 15) is 19.5 Å². The number of carboxylic acids is 1. The van der Waals surface area contributed by atoms with Gasteiger partial charge in [-0.25, -0.2) is 4.79 Å².